The quantitative estimate of drug-likeness (QED) is 0.843. The highest BCUT2D eigenvalue weighted by molar-refractivity contribution is 6.30. The summed E-state index contributed by atoms with van der Waals surface area (Å²) in [6.45, 7) is 1.90. The molecule has 0 saturated carbocycles. The number of anilines is 1. The summed E-state index contributed by atoms with van der Waals surface area (Å²) in [5, 5.41) is 6.17. The zero-order valence-corrected chi connectivity index (χ0v) is 14.3. The summed E-state index contributed by atoms with van der Waals surface area (Å²) in [4.78, 5) is 23.2. The van der Waals surface area contributed by atoms with Crippen LogP contribution in [0.5, 0.6) is 5.75 Å². The Morgan fingerprint density at radius 2 is 1.83 bits per heavy atom. The Labute approximate surface area is 146 Å². The average molecular weight is 347 g/mol. The van der Waals surface area contributed by atoms with Crippen LogP contribution in [0.1, 0.15) is 22.8 Å². The molecule has 0 unspecified atom stereocenters. The van der Waals surface area contributed by atoms with Crippen LogP contribution in [0.25, 0.3) is 0 Å². The lowest BCUT2D eigenvalue weighted by molar-refractivity contribution is -0.114. The van der Waals surface area contributed by atoms with E-state index in [0.717, 1.165) is 5.56 Å². The minimum absolute atomic E-state index is 0.137. The summed E-state index contributed by atoms with van der Waals surface area (Å²) in [5.41, 5.74) is 2.15. The fraction of sp³-hybridized carbons (Fsp3) is 0.222. The summed E-state index contributed by atoms with van der Waals surface area (Å²) in [6.07, 6.45) is 0.579. The van der Waals surface area contributed by atoms with E-state index in [4.69, 9.17) is 16.3 Å². The van der Waals surface area contributed by atoms with Gasteiger partial charge in [-0.3, -0.25) is 9.59 Å². The van der Waals surface area contributed by atoms with E-state index in [9.17, 15) is 9.59 Å². The molecule has 5 nitrogen and oxygen atoms in total. The van der Waals surface area contributed by atoms with Crippen molar-refractivity contribution in [3.8, 4) is 5.75 Å². The maximum atomic E-state index is 12.1. The third-order valence-electron chi connectivity index (χ3n) is 3.39. The fourth-order valence-corrected chi connectivity index (χ4v) is 2.39. The molecule has 2 aromatic carbocycles. The van der Waals surface area contributed by atoms with Crippen molar-refractivity contribution < 1.29 is 14.3 Å². The Balaban J connectivity index is 1.98. The molecule has 0 aromatic heterocycles. The summed E-state index contributed by atoms with van der Waals surface area (Å²) in [5.74, 6) is 0.413. The molecule has 0 heterocycles. The molecule has 0 fully saturated rings. The van der Waals surface area contributed by atoms with Crippen molar-refractivity contribution in [3.63, 3.8) is 0 Å². The molecule has 2 N–H and O–H groups in total. The number of benzene rings is 2. The summed E-state index contributed by atoms with van der Waals surface area (Å²) in [6, 6.07) is 12.1. The number of rotatable bonds is 6. The molecule has 24 heavy (non-hydrogen) atoms. The molecule has 0 spiro atoms. The number of nitrogens with one attached hydrogen (secondary N) is 2. The van der Waals surface area contributed by atoms with E-state index in [1.54, 1.807) is 43.5 Å². The Hall–Kier alpha value is -2.53. The predicted molar refractivity (Wildman–Crippen MR) is 94.8 cm³/mol. The van der Waals surface area contributed by atoms with Crippen molar-refractivity contribution in [1.82, 2.24) is 5.32 Å². The molecular formula is C18H19ClN2O3. The van der Waals surface area contributed by atoms with Gasteiger partial charge >= 0.3 is 0 Å². The van der Waals surface area contributed by atoms with Gasteiger partial charge in [-0.25, -0.2) is 0 Å². The van der Waals surface area contributed by atoms with E-state index in [0.29, 0.717) is 35.0 Å². The maximum absolute atomic E-state index is 12.1. The Kier molecular flexibility index (Phi) is 6.21. The second-order valence-electron chi connectivity index (χ2n) is 5.22. The molecule has 0 aliphatic heterocycles. The highest BCUT2D eigenvalue weighted by Crippen LogP contribution is 2.23. The average Bonchev–Trinajstić information content (AvgIpc) is 2.55. The summed E-state index contributed by atoms with van der Waals surface area (Å²) in [7, 11) is 1.59. The van der Waals surface area contributed by atoms with Gasteiger partial charge in [-0.05, 0) is 54.4 Å². The minimum Gasteiger partial charge on any atom is -0.496 e. The molecule has 0 aliphatic carbocycles. The van der Waals surface area contributed by atoms with Gasteiger partial charge in [0.1, 0.15) is 5.75 Å². The lowest BCUT2D eigenvalue weighted by Gasteiger charge is -2.12. The van der Waals surface area contributed by atoms with Gasteiger partial charge in [-0.1, -0.05) is 11.6 Å². The molecule has 2 amide bonds. The smallest absolute Gasteiger partial charge is 0.251 e. The first-order valence-electron chi connectivity index (χ1n) is 7.48. The topological polar surface area (TPSA) is 67.4 Å². The number of methoxy groups -OCH3 is 1. The first-order valence-corrected chi connectivity index (χ1v) is 7.85. The van der Waals surface area contributed by atoms with Crippen molar-refractivity contribution in [3.05, 3.63) is 58.6 Å². The molecule has 2 aromatic rings. The third-order valence-corrected chi connectivity index (χ3v) is 3.64. The Morgan fingerprint density at radius 1 is 1.12 bits per heavy atom. The number of halogens is 1. The number of carbonyl (C=O) groups is 2. The fourth-order valence-electron chi connectivity index (χ4n) is 2.27. The second-order valence-corrected chi connectivity index (χ2v) is 5.66. The molecular weight excluding hydrogens is 328 g/mol. The SMILES string of the molecule is COc1ccc(NC(C)=O)cc1CCNC(=O)c1ccc(Cl)cc1. The third kappa shape index (κ3) is 4.99. The Morgan fingerprint density at radius 3 is 2.46 bits per heavy atom. The van der Waals surface area contributed by atoms with Gasteiger partial charge in [0, 0.05) is 29.7 Å². The monoisotopic (exact) mass is 346 g/mol. The van der Waals surface area contributed by atoms with Crippen molar-refractivity contribution in [2.24, 2.45) is 0 Å². The van der Waals surface area contributed by atoms with Crippen molar-refractivity contribution in [1.29, 1.82) is 0 Å². The molecule has 0 radical (unpaired) electrons. The lowest BCUT2D eigenvalue weighted by atomic mass is 10.1. The van der Waals surface area contributed by atoms with Crippen molar-refractivity contribution in [2.45, 2.75) is 13.3 Å². The predicted octanol–water partition coefficient (Wildman–Crippen LogP) is 3.28. The zero-order chi connectivity index (χ0) is 17.5. The normalized spacial score (nSPS) is 10.1. The van der Waals surface area contributed by atoms with Crippen molar-refractivity contribution >= 4 is 29.1 Å². The van der Waals surface area contributed by atoms with Crippen LogP contribution in [0.3, 0.4) is 0 Å². The van der Waals surface area contributed by atoms with Gasteiger partial charge in [-0.2, -0.15) is 0 Å². The van der Waals surface area contributed by atoms with Gasteiger partial charge in [0.25, 0.3) is 5.91 Å². The number of ether oxygens (including phenoxy) is 1. The second kappa shape index (κ2) is 8.36. The van der Waals surface area contributed by atoms with Gasteiger partial charge in [-0.15, -0.1) is 0 Å². The van der Waals surface area contributed by atoms with E-state index in [2.05, 4.69) is 10.6 Å². The molecule has 126 valence electrons. The van der Waals surface area contributed by atoms with Crippen LogP contribution in [0.15, 0.2) is 42.5 Å². The number of amides is 2. The number of carbonyl (C=O) groups excluding carboxylic acids is 2. The van der Waals surface area contributed by atoms with Gasteiger partial charge in [0.2, 0.25) is 5.91 Å². The van der Waals surface area contributed by atoms with E-state index in [1.807, 2.05) is 6.07 Å². The number of hydrogen-bond donors (Lipinski definition) is 2. The summed E-state index contributed by atoms with van der Waals surface area (Å²) < 4.78 is 5.32. The first-order chi connectivity index (χ1) is 11.5. The van der Waals surface area contributed by atoms with Crippen LogP contribution in [0.4, 0.5) is 5.69 Å². The Bertz CT molecular complexity index is 730. The molecule has 0 atom stereocenters. The van der Waals surface area contributed by atoms with Crippen LogP contribution in [-0.2, 0) is 11.2 Å². The highest BCUT2D eigenvalue weighted by atomic mass is 35.5. The van der Waals surface area contributed by atoms with Crippen LogP contribution in [-0.4, -0.2) is 25.5 Å². The summed E-state index contributed by atoms with van der Waals surface area (Å²) >= 11 is 5.81. The van der Waals surface area contributed by atoms with Crippen LogP contribution in [0.2, 0.25) is 5.02 Å². The van der Waals surface area contributed by atoms with Crippen LogP contribution in [0, 0.1) is 0 Å². The van der Waals surface area contributed by atoms with E-state index in [1.165, 1.54) is 6.92 Å². The zero-order valence-electron chi connectivity index (χ0n) is 13.6. The van der Waals surface area contributed by atoms with E-state index >= 15 is 0 Å². The van der Waals surface area contributed by atoms with Crippen LogP contribution >= 0.6 is 11.6 Å². The molecule has 2 rings (SSSR count). The maximum Gasteiger partial charge on any atom is 0.251 e. The van der Waals surface area contributed by atoms with Gasteiger partial charge in [0.15, 0.2) is 0 Å². The molecule has 0 bridgehead atoms. The molecule has 0 aliphatic rings. The van der Waals surface area contributed by atoms with Gasteiger partial charge in [0.05, 0.1) is 7.11 Å². The first kappa shape index (κ1) is 17.8. The minimum atomic E-state index is -0.163. The van der Waals surface area contributed by atoms with Crippen LogP contribution < -0.4 is 15.4 Å². The van der Waals surface area contributed by atoms with E-state index < -0.39 is 0 Å². The largest absolute Gasteiger partial charge is 0.496 e. The number of hydrogen-bond acceptors (Lipinski definition) is 3. The lowest BCUT2D eigenvalue weighted by Crippen LogP contribution is -2.25. The standard InChI is InChI=1S/C18H19ClN2O3/c1-12(22)21-16-7-8-17(24-2)14(11-16)9-10-20-18(23)13-3-5-15(19)6-4-13/h3-8,11H,9-10H2,1-2H3,(H,20,23)(H,21,22). The molecule has 0 saturated heterocycles. The van der Waals surface area contributed by atoms with E-state index in [-0.39, 0.29) is 11.8 Å². The van der Waals surface area contributed by atoms with Gasteiger partial charge < -0.3 is 15.4 Å². The molecule has 6 heteroatoms. The highest BCUT2D eigenvalue weighted by Gasteiger charge is 2.08. The van der Waals surface area contributed by atoms with Crippen molar-refractivity contribution in [2.75, 3.05) is 19.0 Å².